The van der Waals surface area contributed by atoms with Crippen LogP contribution in [0, 0.1) is 0 Å². The summed E-state index contributed by atoms with van der Waals surface area (Å²) in [6.07, 6.45) is 2.27. The van der Waals surface area contributed by atoms with Crippen molar-refractivity contribution in [3.05, 3.63) is 113 Å². The summed E-state index contributed by atoms with van der Waals surface area (Å²) in [6.45, 7) is 11.3. The van der Waals surface area contributed by atoms with E-state index in [1.807, 2.05) is 0 Å². The molecule has 2 atom stereocenters. The lowest BCUT2D eigenvalue weighted by atomic mass is 9.91. The highest BCUT2D eigenvalue weighted by Crippen LogP contribution is 2.38. The van der Waals surface area contributed by atoms with E-state index in [-0.39, 0.29) is 6.04 Å². The quantitative estimate of drug-likeness (QED) is 0.272. The molecule has 0 bridgehead atoms. The van der Waals surface area contributed by atoms with Crippen LogP contribution in [0.3, 0.4) is 0 Å². The standard InChI is InChI=1S/C34H39N3/c1-22(2)27-15-10-16-28(23(3)4)34(27)37-33(25-12-7-6-8-13-25)31-19-11-18-30(36-31)29-17-9-14-26-21-20-24(5)35-32(26)29/h6-19,22-24,33,35,37H,20-21H2,1-5H3/t24?,33-/m0/s1. The number of aromatic nitrogens is 1. The highest BCUT2D eigenvalue weighted by molar-refractivity contribution is 5.79. The largest absolute Gasteiger partial charge is 0.382 e. The van der Waals surface area contributed by atoms with Crippen molar-refractivity contribution < 1.29 is 0 Å². The predicted molar refractivity (Wildman–Crippen MR) is 158 cm³/mol. The lowest BCUT2D eigenvalue weighted by Crippen LogP contribution is -2.22. The van der Waals surface area contributed by atoms with Gasteiger partial charge in [0.15, 0.2) is 0 Å². The highest BCUT2D eigenvalue weighted by atomic mass is 15.0. The van der Waals surface area contributed by atoms with Gasteiger partial charge in [0.25, 0.3) is 0 Å². The van der Waals surface area contributed by atoms with E-state index in [1.165, 1.54) is 39.2 Å². The number of rotatable bonds is 7. The van der Waals surface area contributed by atoms with E-state index in [9.17, 15) is 0 Å². The molecular formula is C34H39N3. The molecule has 0 fully saturated rings. The van der Waals surface area contributed by atoms with Gasteiger partial charge in [0.1, 0.15) is 0 Å². The number of nitrogens with one attached hydrogen (secondary N) is 2. The number of hydrogen-bond donors (Lipinski definition) is 2. The minimum Gasteiger partial charge on any atom is -0.382 e. The minimum absolute atomic E-state index is 0.0648. The Hall–Kier alpha value is -3.59. The van der Waals surface area contributed by atoms with Crippen LogP contribution >= 0.6 is 0 Å². The molecule has 0 radical (unpaired) electrons. The summed E-state index contributed by atoms with van der Waals surface area (Å²) in [4.78, 5) is 5.30. The molecule has 2 N–H and O–H groups in total. The zero-order valence-corrected chi connectivity index (χ0v) is 22.8. The Morgan fingerprint density at radius 1 is 0.784 bits per heavy atom. The lowest BCUT2D eigenvalue weighted by molar-refractivity contribution is 0.681. The van der Waals surface area contributed by atoms with Crippen LogP contribution in [0.15, 0.2) is 84.9 Å². The molecule has 3 heteroatoms. The topological polar surface area (TPSA) is 37.0 Å². The fraction of sp³-hybridized carbons (Fsp3) is 0.324. The molecule has 1 aromatic heterocycles. The summed E-state index contributed by atoms with van der Waals surface area (Å²) in [6, 6.07) is 30.9. The van der Waals surface area contributed by atoms with E-state index >= 15 is 0 Å². The van der Waals surface area contributed by atoms with Gasteiger partial charge in [0, 0.05) is 23.0 Å². The molecule has 3 aromatic carbocycles. The van der Waals surface area contributed by atoms with Crippen molar-refractivity contribution in [2.24, 2.45) is 0 Å². The number of benzene rings is 3. The summed E-state index contributed by atoms with van der Waals surface area (Å²) >= 11 is 0. The van der Waals surface area contributed by atoms with Crippen LogP contribution in [-0.4, -0.2) is 11.0 Å². The average Bonchev–Trinajstić information content (AvgIpc) is 2.91. The summed E-state index contributed by atoms with van der Waals surface area (Å²) in [5, 5.41) is 7.71. The number of pyridine rings is 1. The van der Waals surface area contributed by atoms with Gasteiger partial charge in [0.2, 0.25) is 0 Å². The molecule has 0 aliphatic carbocycles. The number of fused-ring (bicyclic) bond motifs is 1. The number of aryl methyl sites for hydroxylation is 1. The van der Waals surface area contributed by atoms with Crippen LogP contribution in [-0.2, 0) is 6.42 Å². The van der Waals surface area contributed by atoms with Crippen LogP contribution in [0.25, 0.3) is 11.3 Å². The van der Waals surface area contributed by atoms with Gasteiger partial charge in [-0.25, -0.2) is 0 Å². The lowest BCUT2D eigenvalue weighted by Gasteiger charge is -2.28. The fourth-order valence-corrected chi connectivity index (χ4v) is 5.48. The third-order valence-corrected chi connectivity index (χ3v) is 7.53. The Kier molecular flexibility index (Phi) is 7.32. The van der Waals surface area contributed by atoms with Crippen LogP contribution in [0.5, 0.6) is 0 Å². The average molecular weight is 490 g/mol. The van der Waals surface area contributed by atoms with Gasteiger partial charge in [-0.3, -0.25) is 4.98 Å². The van der Waals surface area contributed by atoms with Crippen LogP contribution in [0.1, 0.15) is 86.9 Å². The number of para-hydroxylation sites is 2. The maximum absolute atomic E-state index is 5.30. The van der Waals surface area contributed by atoms with E-state index in [0.29, 0.717) is 17.9 Å². The molecule has 0 spiro atoms. The van der Waals surface area contributed by atoms with Crippen molar-refractivity contribution in [2.75, 3.05) is 10.6 Å². The van der Waals surface area contributed by atoms with Crippen molar-refractivity contribution >= 4 is 11.4 Å². The first-order valence-electron chi connectivity index (χ1n) is 13.7. The second-order valence-corrected chi connectivity index (χ2v) is 11.0. The minimum atomic E-state index is -0.0648. The normalized spacial score (nSPS) is 15.8. The first kappa shape index (κ1) is 25.1. The molecule has 5 rings (SSSR count). The number of nitrogens with zero attached hydrogens (tertiary/aromatic N) is 1. The SMILES string of the molecule is CC1CCc2cccc(-c3cccc([C@@H](Nc4c(C(C)C)cccc4C(C)C)c4ccccc4)n3)c2N1. The van der Waals surface area contributed by atoms with Gasteiger partial charge in [-0.15, -0.1) is 0 Å². The Balaban J connectivity index is 1.62. The van der Waals surface area contributed by atoms with Crippen LogP contribution in [0.2, 0.25) is 0 Å². The summed E-state index contributed by atoms with van der Waals surface area (Å²) in [7, 11) is 0. The number of anilines is 2. The predicted octanol–water partition coefficient (Wildman–Crippen LogP) is 8.94. The Bertz CT molecular complexity index is 1330. The number of hydrogen-bond acceptors (Lipinski definition) is 3. The molecule has 3 nitrogen and oxygen atoms in total. The molecule has 0 saturated carbocycles. The molecule has 4 aromatic rings. The van der Waals surface area contributed by atoms with E-state index in [0.717, 1.165) is 24.2 Å². The molecule has 0 saturated heterocycles. The fourth-order valence-electron chi connectivity index (χ4n) is 5.48. The first-order valence-corrected chi connectivity index (χ1v) is 13.7. The van der Waals surface area contributed by atoms with Gasteiger partial charge < -0.3 is 10.6 Å². The first-order chi connectivity index (χ1) is 17.9. The third-order valence-electron chi connectivity index (χ3n) is 7.53. The molecule has 1 aliphatic rings. The highest BCUT2D eigenvalue weighted by Gasteiger charge is 2.23. The van der Waals surface area contributed by atoms with Crippen molar-refractivity contribution in [2.45, 2.75) is 71.4 Å². The van der Waals surface area contributed by atoms with Gasteiger partial charge in [-0.1, -0.05) is 100 Å². The zero-order valence-electron chi connectivity index (χ0n) is 22.8. The second-order valence-electron chi connectivity index (χ2n) is 11.0. The molecule has 37 heavy (non-hydrogen) atoms. The van der Waals surface area contributed by atoms with Gasteiger partial charge in [0.05, 0.1) is 17.4 Å². The van der Waals surface area contributed by atoms with Crippen LogP contribution < -0.4 is 10.6 Å². The van der Waals surface area contributed by atoms with Crippen molar-refractivity contribution in [3.63, 3.8) is 0 Å². The molecule has 1 aliphatic heterocycles. The Morgan fingerprint density at radius 2 is 1.46 bits per heavy atom. The van der Waals surface area contributed by atoms with Crippen molar-refractivity contribution in [3.8, 4) is 11.3 Å². The van der Waals surface area contributed by atoms with Crippen molar-refractivity contribution in [1.29, 1.82) is 0 Å². The monoisotopic (exact) mass is 489 g/mol. The van der Waals surface area contributed by atoms with E-state index in [1.54, 1.807) is 0 Å². The summed E-state index contributed by atoms with van der Waals surface area (Å²) < 4.78 is 0. The Labute approximate surface area is 222 Å². The smallest absolute Gasteiger partial charge is 0.0940 e. The molecule has 0 amide bonds. The zero-order chi connectivity index (χ0) is 25.9. The van der Waals surface area contributed by atoms with Gasteiger partial charge in [-0.05, 0) is 66.0 Å². The molecule has 1 unspecified atom stereocenters. The summed E-state index contributed by atoms with van der Waals surface area (Å²) in [5.74, 6) is 0.835. The maximum Gasteiger partial charge on any atom is 0.0940 e. The van der Waals surface area contributed by atoms with E-state index < -0.39 is 0 Å². The van der Waals surface area contributed by atoms with Crippen LogP contribution in [0.4, 0.5) is 11.4 Å². The molecule has 190 valence electrons. The van der Waals surface area contributed by atoms with Gasteiger partial charge >= 0.3 is 0 Å². The van der Waals surface area contributed by atoms with Gasteiger partial charge in [-0.2, -0.15) is 0 Å². The Morgan fingerprint density at radius 3 is 2.16 bits per heavy atom. The summed E-state index contributed by atoms with van der Waals surface area (Å²) in [5.41, 5.74) is 11.0. The van der Waals surface area contributed by atoms with E-state index in [4.69, 9.17) is 4.98 Å². The third kappa shape index (κ3) is 5.27. The van der Waals surface area contributed by atoms with E-state index in [2.05, 4.69) is 130 Å². The second kappa shape index (κ2) is 10.8. The molecule has 2 heterocycles. The van der Waals surface area contributed by atoms with Crippen molar-refractivity contribution in [1.82, 2.24) is 4.98 Å². The molecular weight excluding hydrogens is 450 g/mol. The maximum atomic E-state index is 5.30.